The topological polar surface area (TPSA) is 43.6 Å². The van der Waals surface area contributed by atoms with Crippen LogP contribution in [0.4, 0.5) is 0 Å². The number of ketones is 1. The Bertz CT molecular complexity index is 538. The summed E-state index contributed by atoms with van der Waals surface area (Å²) in [5.41, 5.74) is 0.298. The number of imidazole rings is 1. The van der Waals surface area contributed by atoms with Crippen LogP contribution < -0.4 is 0 Å². The molecule has 2 heterocycles. The highest BCUT2D eigenvalue weighted by molar-refractivity contribution is 7.15. The van der Waals surface area contributed by atoms with Gasteiger partial charge in [-0.05, 0) is 25.7 Å². The largest absolute Gasteiger partial charge is 0.370 e. The number of rotatable bonds is 4. The van der Waals surface area contributed by atoms with E-state index in [-0.39, 0.29) is 5.78 Å². The molecule has 0 bridgehead atoms. The molecule has 2 aromatic rings. The molecule has 0 radical (unpaired) electrons. The van der Waals surface area contributed by atoms with Gasteiger partial charge in [-0.15, -0.1) is 11.3 Å². The molecule has 1 aliphatic rings. The van der Waals surface area contributed by atoms with Crippen molar-refractivity contribution in [2.24, 2.45) is 0 Å². The van der Waals surface area contributed by atoms with Crippen LogP contribution in [-0.4, -0.2) is 27.9 Å². The van der Waals surface area contributed by atoms with Crippen LogP contribution in [0.5, 0.6) is 0 Å². The molecule has 3 rings (SSSR count). The van der Waals surface area contributed by atoms with Crippen molar-refractivity contribution in [1.29, 1.82) is 0 Å². The van der Waals surface area contributed by atoms with Crippen LogP contribution >= 0.6 is 11.3 Å². The molecule has 0 aromatic carbocycles. The summed E-state index contributed by atoms with van der Waals surface area (Å²) in [6.45, 7) is 0. The molecule has 0 amide bonds. The summed E-state index contributed by atoms with van der Waals surface area (Å²) >= 11 is 1.58. The average Bonchev–Trinajstić information content (AvgIpc) is 3.03. The lowest BCUT2D eigenvalue weighted by molar-refractivity contribution is -0.139. The lowest BCUT2D eigenvalue weighted by Gasteiger charge is -2.25. The Hall–Kier alpha value is -1.20. The van der Waals surface area contributed by atoms with E-state index in [4.69, 9.17) is 4.74 Å². The third kappa shape index (κ3) is 1.87. The van der Waals surface area contributed by atoms with Gasteiger partial charge in [0.25, 0.3) is 0 Å². The number of fused-ring (bicyclic) bond motifs is 1. The van der Waals surface area contributed by atoms with E-state index in [1.807, 2.05) is 22.2 Å². The van der Waals surface area contributed by atoms with Gasteiger partial charge in [0.1, 0.15) is 5.60 Å². The quantitative estimate of drug-likeness (QED) is 0.852. The van der Waals surface area contributed by atoms with Gasteiger partial charge in [-0.25, -0.2) is 4.98 Å². The fourth-order valence-electron chi connectivity index (χ4n) is 2.73. The molecule has 0 aliphatic heterocycles. The summed E-state index contributed by atoms with van der Waals surface area (Å²) in [5, 5.41) is 1.99. The monoisotopic (exact) mass is 264 g/mol. The summed E-state index contributed by atoms with van der Waals surface area (Å²) in [6, 6.07) is 0. The first kappa shape index (κ1) is 11.9. The number of ether oxygens (including phenoxy) is 1. The molecular weight excluding hydrogens is 248 g/mol. The zero-order chi connectivity index (χ0) is 12.6. The molecule has 0 atom stereocenters. The zero-order valence-electron chi connectivity index (χ0n) is 10.4. The highest BCUT2D eigenvalue weighted by atomic mass is 32.1. The van der Waals surface area contributed by atoms with Gasteiger partial charge in [0.15, 0.2) is 10.7 Å². The van der Waals surface area contributed by atoms with E-state index in [0.29, 0.717) is 6.42 Å². The molecule has 1 aliphatic carbocycles. The third-order valence-corrected chi connectivity index (χ3v) is 4.57. The number of hydrogen-bond acceptors (Lipinski definition) is 4. The Morgan fingerprint density at radius 1 is 1.56 bits per heavy atom. The van der Waals surface area contributed by atoms with E-state index in [1.165, 1.54) is 0 Å². The standard InChI is InChI=1S/C13H16N2O2S/c1-17-13(4-2-3-5-13)11(16)8-10-9-15-6-7-18-12(15)14-10/h6-7,9H,2-5,8H2,1H3. The SMILES string of the molecule is COC1(C(=O)Cc2cn3ccsc3n2)CCCC1. The van der Waals surface area contributed by atoms with Crippen molar-refractivity contribution < 1.29 is 9.53 Å². The van der Waals surface area contributed by atoms with Crippen molar-refractivity contribution in [1.82, 2.24) is 9.38 Å². The molecule has 96 valence electrons. The van der Waals surface area contributed by atoms with Gasteiger partial charge < -0.3 is 4.74 Å². The first-order valence-corrected chi connectivity index (χ1v) is 7.11. The molecule has 18 heavy (non-hydrogen) atoms. The molecule has 0 unspecified atom stereocenters. The van der Waals surface area contributed by atoms with Crippen molar-refractivity contribution in [2.75, 3.05) is 7.11 Å². The van der Waals surface area contributed by atoms with E-state index in [0.717, 1.165) is 36.3 Å². The second-order valence-corrected chi connectivity index (χ2v) is 5.70. The Balaban J connectivity index is 1.79. The first-order valence-electron chi connectivity index (χ1n) is 6.23. The van der Waals surface area contributed by atoms with Crippen molar-refractivity contribution in [3.8, 4) is 0 Å². The van der Waals surface area contributed by atoms with Gasteiger partial charge in [0, 0.05) is 24.9 Å². The maximum absolute atomic E-state index is 12.4. The van der Waals surface area contributed by atoms with E-state index in [2.05, 4.69) is 4.98 Å². The van der Waals surface area contributed by atoms with Gasteiger partial charge >= 0.3 is 0 Å². The summed E-state index contributed by atoms with van der Waals surface area (Å²) < 4.78 is 7.47. The summed E-state index contributed by atoms with van der Waals surface area (Å²) in [5.74, 6) is 0.174. The van der Waals surface area contributed by atoms with Crippen LogP contribution in [0, 0.1) is 0 Å². The van der Waals surface area contributed by atoms with E-state index < -0.39 is 5.60 Å². The first-order chi connectivity index (χ1) is 8.73. The predicted octanol–water partition coefficient (Wildman–Crippen LogP) is 2.47. The number of Topliss-reactive ketones (excluding diaryl/α,β-unsaturated/α-hetero) is 1. The Kier molecular flexibility index (Phi) is 2.95. The molecule has 1 fully saturated rings. The van der Waals surface area contributed by atoms with Crippen LogP contribution in [0.3, 0.4) is 0 Å². The highest BCUT2D eigenvalue weighted by Crippen LogP contribution is 2.34. The van der Waals surface area contributed by atoms with Gasteiger partial charge in [-0.2, -0.15) is 0 Å². The number of methoxy groups -OCH3 is 1. The number of thiazole rings is 1. The van der Waals surface area contributed by atoms with E-state index in [9.17, 15) is 4.79 Å². The Labute approximate surface area is 110 Å². The van der Waals surface area contributed by atoms with Gasteiger partial charge in [0.2, 0.25) is 0 Å². The van der Waals surface area contributed by atoms with Crippen LogP contribution in [-0.2, 0) is 16.0 Å². The number of aromatic nitrogens is 2. The maximum Gasteiger partial charge on any atom is 0.193 e. The van der Waals surface area contributed by atoms with Crippen LogP contribution in [0.15, 0.2) is 17.8 Å². The normalized spacial score (nSPS) is 18.5. The molecule has 0 spiro atoms. The van der Waals surface area contributed by atoms with Crippen molar-refractivity contribution >= 4 is 22.1 Å². The smallest absolute Gasteiger partial charge is 0.193 e. The van der Waals surface area contributed by atoms with Crippen molar-refractivity contribution in [3.63, 3.8) is 0 Å². The second kappa shape index (κ2) is 4.48. The fourth-order valence-corrected chi connectivity index (χ4v) is 3.45. The molecule has 5 heteroatoms. The lowest BCUT2D eigenvalue weighted by Crippen LogP contribution is -2.38. The lowest BCUT2D eigenvalue weighted by atomic mass is 9.93. The predicted molar refractivity (Wildman–Crippen MR) is 70.0 cm³/mol. The van der Waals surface area contributed by atoms with E-state index in [1.54, 1.807) is 18.4 Å². The van der Waals surface area contributed by atoms with Gasteiger partial charge in [0.05, 0.1) is 12.1 Å². The summed E-state index contributed by atoms with van der Waals surface area (Å²) in [4.78, 5) is 17.8. The molecular formula is C13H16N2O2S. The fraction of sp³-hybridized carbons (Fsp3) is 0.538. The zero-order valence-corrected chi connectivity index (χ0v) is 11.2. The van der Waals surface area contributed by atoms with Gasteiger partial charge in [-0.3, -0.25) is 9.20 Å². The van der Waals surface area contributed by atoms with Crippen molar-refractivity contribution in [3.05, 3.63) is 23.5 Å². The van der Waals surface area contributed by atoms with Crippen LogP contribution in [0.2, 0.25) is 0 Å². The number of carbonyl (C=O) groups is 1. The number of nitrogens with zero attached hydrogens (tertiary/aromatic N) is 2. The maximum atomic E-state index is 12.4. The second-order valence-electron chi connectivity index (χ2n) is 4.83. The minimum Gasteiger partial charge on any atom is -0.370 e. The Morgan fingerprint density at radius 2 is 2.33 bits per heavy atom. The minimum atomic E-state index is -0.545. The number of hydrogen-bond donors (Lipinski definition) is 0. The number of carbonyl (C=O) groups excluding carboxylic acids is 1. The highest BCUT2D eigenvalue weighted by Gasteiger charge is 2.40. The van der Waals surface area contributed by atoms with Gasteiger partial charge in [-0.1, -0.05) is 0 Å². The molecule has 0 saturated heterocycles. The van der Waals surface area contributed by atoms with Crippen LogP contribution in [0.1, 0.15) is 31.4 Å². The van der Waals surface area contributed by atoms with E-state index >= 15 is 0 Å². The van der Waals surface area contributed by atoms with Crippen LogP contribution in [0.25, 0.3) is 4.96 Å². The minimum absolute atomic E-state index is 0.174. The average molecular weight is 264 g/mol. The van der Waals surface area contributed by atoms with Crippen molar-refractivity contribution in [2.45, 2.75) is 37.7 Å². The summed E-state index contributed by atoms with van der Waals surface area (Å²) in [6.07, 6.45) is 8.14. The molecule has 0 N–H and O–H groups in total. The molecule has 2 aromatic heterocycles. The molecule has 4 nitrogen and oxygen atoms in total. The Morgan fingerprint density at radius 3 is 3.00 bits per heavy atom. The summed E-state index contributed by atoms with van der Waals surface area (Å²) in [7, 11) is 1.65. The molecule has 1 saturated carbocycles. The third-order valence-electron chi connectivity index (χ3n) is 3.79.